The molecule has 2 atom stereocenters. The fourth-order valence-electron chi connectivity index (χ4n) is 2.69. The van der Waals surface area contributed by atoms with Crippen molar-refractivity contribution in [1.29, 1.82) is 0 Å². The zero-order valence-electron chi connectivity index (χ0n) is 13.0. The van der Waals surface area contributed by atoms with E-state index in [0.29, 0.717) is 17.9 Å². The average Bonchev–Trinajstić information content (AvgIpc) is 2.87. The van der Waals surface area contributed by atoms with Crippen LogP contribution in [-0.2, 0) is 11.3 Å². The molecule has 0 amide bonds. The molecule has 0 saturated carbocycles. The predicted octanol–water partition coefficient (Wildman–Crippen LogP) is 1.69. The maximum absolute atomic E-state index is 5.81. The van der Waals surface area contributed by atoms with Crippen LogP contribution in [0.4, 0.5) is 5.95 Å². The maximum atomic E-state index is 5.81. The zero-order chi connectivity index (χ0) is 14.5. The van der Waals surface area contributed by atoms with Gasteiger partial charge in [0.05, 0.1) is 11.8 Å². The molecular weight excluding hydrogens is 252 g/mol. The molecule has 0 radical (unpaired) electrons. The lowest BCUT2D eigenvalue weighted by molar-refractivity contribution is 0.0539. The average molecular weight is 278 g/mol. The third kappa shape index (κ3) is 3.90. The van der Waals surface area contributed by atoms with Gasteiger partial charge in [-0.25, -0.2) is 9.97 Å². The van der Waals surface area contributed by atoms with E-state index in [1.165, 1.54) is 0 Å². The molecule has 1 N–H and O–H groups in total. The monoisotopic (exact) mass is 278 g/mol. The van der Waals surface area contributed by atoms with E-state index in [0.717, 1.165) is 37.8 Å². The van der Waals surface area contributed by atoms with Crippen molar-refractivity contribution in [3.8, 4) is 0 Å². The van der Waals surface area contributed by atoms with E-state index in [4.69, 9.17) is 4.74 Å². The number of hydrogen-bond acceptors (Lipinski definition) is 5. The molecule has 5 heteroatoms. The number of ether oxygens (including phenoxy) is 1. The SMILES string of the molecule is CC(C)[C@H]1OCC[C@@H]1CNCc1ccnc(N(C)C)n1. The molecule has 0 aliphatic carbocycles. The third-order valence-corrected chi connectivity index (χ3v) is 3.73. The summed E-state index contributed by atoms with van der Waals surface area (Å²) < 4.78 is 5.81. The number of nitrogens with zero attached hydrogens (tertiary/aromatic N) is 3. The van der Waals surface area contributed by atoms with Crippen LogP contribution in [-0.4, -0.2) is 43.3 Å². The Bertz CT molecular complexity index is 422. The zero-order valence-corrected chi connectivity index (χ0v) is 13.0. The molecule has 5 nitrogen and oxygen atoms in total. The molecule has 20 heavy (non-hydrogen) atoms. The number of nitrogens with one attached hydrogen (secondary N) is 1. The first-order valence-electron chi connectivity index (χ1n) is 7.39. The fourth-order valence-corrected chi connectivity index (χ4v) is 2.69. The highest BCUT2D eigenvalue weighted by atomic mass is 16.5. The van der Waals surface area contributed by atoms with Gasteiger partial charge in [0, 0.05) is 40.0 Å². The van der Waals surface area contributed by atoms with Crippen LogP contribution < -0.4 is 10.2 Å². The Hall–Kier alpha value is -1.20. The Morgan fingerprint density at radius 1 is 1.45 bits per heavy atom. The number of anilines is 1. The van der Waals surface area contributed by atoms with E-state index in [1.807, 2.05) is 31.3 Å². The van der Waals surface area contributed by atoms with E-state index in [9.17, 15) is 0 Å². The van der Waals surface area contributed by atoms with Crippen molar-refractivity contribution >= 4 is 5.95 Å². The van der Waals surface area contributed by atoms with E-state index in [2.05, 4.69) is 29.1 Å². The fraction of sp³-hybridized carbons (Fsp3) is 0.733. The summed E-state index contributed by atoms with van der Waals surface area (Å²) in [5.41, 5.74) is 1.03. The summed E-state index contributed by atoms with van der Waals surface area (Å²) in [6, 6.07) is 1.96. The van der Waals surface area contributed by atoms with Gasteiger partial charge < -0.3 is 15.0 Å². The van der Waals surface area contributed by atoms with Gasteiger partial charge in [-0.3, -0.25) is 0 Å². The van der Waals surface area contributed by atoms with E-state index < -0.39 is 0 Å². The lowest BCUT2D eigenvalue weighted by Crippen LogP contribution is -2.31. The molecule has 1 fully saturated rings. The summed E-state index contributed by atoms with van der Waals surface area (Å²) >= 11 is 0. The van der Waals surface area contributed by atoms with Crippen LogP contribution >= 0.6 is 0 Å². The quantitative estimate of drug-likeness (QED) is 0.858. The Kier molecular flexibility index (Phi) is 5.31. The molecule has 2 rings (SSSR count). The third-order valence-electron chi connectivity index (χ3n) is 3.73. The minimum atomic E-state index is 0.394. The smallest absolute Gasteiger partial charge is 0.225 e. The number of hydrogen-bond donors (Lipinski definition) is 1. The van der Waals surface area contributed by atoms with Crippen molar-refractivity contribution < 1.29 is 4.74 Å². The summed E-state index contributed by atoms with van der Waals surface area (Å²) in [6.45, 7) is 7.13. The first kappa shape index (κ1) is 15.2. The summed E-state index contributed by atoms with van der Waals surface area (Å²) in [7, 11) is 3.91. The highest BCUT2D eigenvalue weighted by molar-refractivity contribution is 5.26. The van der Waals surface area contributed by atoms with Crippen molar-refractivity contribution in [2.75, 3.05) is 32.1 Å². The Morgan fingerprint density at radius 3 is 2.95 bits per heavy atom. The number of aromatic nitrogens is 2. The molecular formula is C15H26N4O. The van der Waals surface area contributed by atoms with Crippen molar-refractivity contribution in [1.82, 2.24) is 15.3 Å². The second-order valence-electron chi connectivity index (χ2n) is 6.00. The van der Waals surface area contributed by atoms with Gasteiger partial charge in [0.2, 0.25) is 5.95 Å². The molecule has 1 aromatic heterocycles. The number of rotatable bonds is 6. The standard InChI is InChI=1S/C15H26N4O/c1-11(2)14-12(6-8-20-14)9-16-10-13-5-7-17-15(18-13)19(3)4/h5,7,11-12,14,16H,6,8-10H2,1-4H3/t12-,14-/m1/s1. The first-order valence-corrected chi connectivity index (χ1v) is 7.39. The van der Waals surface area contributed by atoms with Crippen molar-refractivity contribution in [3.63, 3.8) is 0 Å². The van der Waals surface area contributed by atoms with Crippen LogP contribution in [0.2, 0.25) is 0 Å². The second-order valence-corrected chi connectivity index (χ2v) is 6.00. The van der Waals surface area contributed by atoms with E-state index >= 15 is 0 Å². The van der Waals surface area contributed by atoms with Crippen molar-refractivity contribution in [2.45, 2.75) is 32.9 Å². The first-order chi connectivity index (χ1) is 9.58. The highest BCUT2D eigenvalue weighted by Crippen LogP contribution is 2.26. The Balaban J connectivity index is 1.82. The minimum Gasteiger partial charge on any atom is -0.378 e. The van der Waals surface area contributed by atoms with Crippen LogP contribution in [0.15, 0.2) is 12.3 Å². The van der Waals surface area contributed by atoms with Crippen LogP contribution in [0.5, 0.6) is 0 Å². The van der Waals surface area contributed by atoms with Gasteiger partial charge in [-0.05, 0) is 24.3 Å². The van der Waals surface area contributed by atoms with E-state index in [-0.39, 0.29) is 0 Å². The van der Waals surface area contributed by atoms with Gasteiger partial charge >= 0.3 is 0 Å². The van der Waals surface area contributed by atoms with Crippen molar-refractivity contribution in [3.05, 3.63) is 18.0 Å². The van der Waals surface area contributed by atoms with Gasteiger partial charge in [-0.2, -0.15) is 0 Å². The molecule has 1 saturated heterocycles. The maximum Gasteiger partial charge on any atom is 0.225 e. The van der Waals surface area contributed by atoms with Crippen molar-refractivity contribution in [2.24, 2.45) is 11.8 Å². The summed E-state index contributed by atoms with van der Waals surface area (Å²) in [6.07, 6.45) is 3.36. The van der Waals surface area contributed by atoms with Crippen LogP contribution in [0.3, 0.4) is 0 Å². The van der Waals surface area contributed by atoms with Crippen LogP contribution in [0.1, 0.15) is 26.0 Å². The molecule has 2 heterocycles. The largest absolute Gasteiger partial charge is 0.378 e. The Labute approximate surface area is 121 Å². The summed E-state index contributed by atoms with van der Waals surface area (Å²) in [5, 5.41) is 3.51. The molecule has 1 aromatic rings. The molecule has 112 valence electrons. The normalized spacial score (nSPS) is 22.4. The second kappa shape index (κ2) is 6.99. The topological polar surface area (TPSA) is 50.3 Å². The molecule has 0 unspecified atom stereocenters. The van der Waals surface area contributed by atoms with Gasteiger partial charge in [0.15, 0.2) is 0 Å². The highest BCUT2D eigenvalue weighted by Gasteiger charge is 2.30. The molecule has 1 aliphatic heterocycles. The van der Waals surface area contributed by atoms with Crippen LogP contribution in [0.25, 0.3) is 0 Å². The lowest BCUT2D eigenvalue weighted by Gasteiger charge is -2.22. The van der Waals surface area contributed by atoms with E-state index in [1.54, 1.807) is 0 Å². The Morgan fingerprint density at radius 2 is 2.25 bits per heavy atom. The van der Waals surface area contributed by atoms with Gasteiger partial charge in [-0.1, -0.05) is 13.8 Å². The van der Waals surface area contributed by atoms with Crippen LogP contribution in [0, 0.1) is 11.8 Å². The molecule has 0 bridgehead atoms. The predicted molar refractivity (Wildman–Crippen MR) is 80.8 cm³/mol. The molecule has 1 aliphatic rings. The summed E-state index contributed by atoms with van der Waals surface area (Å²) in [4.78, 5) is 10.7. The van der Waals surface area contributed by atoms with Gasteiger partial charge in [0.25, 0.3) is 0 Å². The lowest BCUT2D eigenvalue weighted by atomic mass is 9.93. The van der Waals surface area contributed by atoms with Gasteiger partial charge in [-0.15, -0.1) is 0 Å². The molecule has 0 spiro atoms. The van der Waals surface area contributed by atoms with Gasteiger partial charge in [0.1, 0.15) is 0 Å². The minimum absolute atomic E-state index is 0.394. The summed E-state index contributed by atoms with van der Waals surface area (Å²) in [5.74, 6) is 1.96. The molecule has 0 aromatic carbocycles.